The Morgan fingerprint density at radius 3 is 2.68 bits per heavy atom. The normalized spacial score (nSPS) is 26.9. The molecular formula is C12H20N3O9P. The number of nitrogen functional groups attached to an aromatic ring is 1. The van der Waals surface area contributed by atoms with Crippen molar-refractivity contribution < 1.29 is 38.2 Å². The van der Waals surface area contributed by atoms with Gasteiger partial charge in [-0.15, -0.1) is 0 Å². The molecule has 2 heterocycles. The van der Waals surface area contributed by atoms with Crippen LogP contribution >= 0.6 is 7.82 Å². The van der Waals surface area contributed by atoms with Gasteiger partial charge in [-0.25, -0.2) is 9.36 Å². The summed E-state index contributed by atoms with van der Waals surface area (Å²) in [6, 6.07) is 1.35. The summed E-state index contributed by atoms with van der Waals surface area (Å²) in [5.41, 5.74) is 4.69. The van der Waals surface area contributed by atoms with E-state index in [9.17, 15) is 14.5 Å². The van der Waals surface area contributed by atoms with Gasteiger partial charge < -0.3 is 34.8 Å². The van der Waals surface area contributed by atoms with Gasteiger partial charge in [-0.2, -0.15) is 4.98 Å². The third-order valence-corrected chi connectivity index (χ3v) is 3.97. The molecule has 25 heavy (non-hydrogen) atoms. The number of aliphatic hydroxyl groups excluding tert-OH is 1. The zero-order valence-electron chi connectivity index (χ0n) is 13.3. The van der Waals surface area contributed by atoms with Crippen LogP contribution in [-0.2, 0) is 23.3 Å². The Morgan fingerprint density at radius 2 is 2.12 bits per heavy atom. The number of nitrogens with two attached hydrogens (primary N) is 1. The second-order valence-electron chi connectivity index (χ2n) is 5.18. The topological polar surface area (TPSA) is 176 Å². The quantitative estimate of drug-likeness (QED) is 0.296. The van der Waals surface area contributed by atoms with E-state index in [4.69, 9.17) is 34.3 Å². The summed E-state index contributed by atoms with van der Waals surface area (Å²) < 4.78 is 32.9. The van der Waals surface area contributed by atoms with Gasteiger partial charge in [0.25, 0.3) is 0 Å². The van der Waals surface area contributed by atoms with E-state index < -0.39 is 44.7 Å². The van der Waals surface area contributed by atoms with Gasteiger partial charge in [-0.3, -0.25) is 9.09 Å². The molecule has 142 valence electrons. The van der Waals surface area contributed by atoms with Gasteiger partial charge in [0, 0.05) is 13.3 Å². The van der Waals surface area contributed by atoms with Crippen LogP contribution in [0.4, 0.5) is 5.82 Å². The number of anilines is 1. The van der Waals surface area contributed by atoms with Crippen molar-refractivity contribution in [3.8, 4) is 0 Å². The molecule has 13 heteroatoms. The van der Waals surface area contributed by atoms with Crippen molar-refractivity contribution >= 4 is 13.6 Å². The number of rotatable bonds is 8. The van der Waals surface area contributed by atoms with Crippen LogP contribution in [-0.4, -0.2) is 69.7 Å². The highest BCUT2D eigenvalue weighted by atomic mass is 31.2. The minimum absolute atomic E-state index is 0.00201. The Labute approximate surface area is 142 Å². The molecule has 1 fully saturated rings. The molecule has 1 aliphatic rings. The number of nitrogens with zero attached hydrogens (tertiary/aromatic N) is 2. The lowest BCUT2D eigenvalue weighted by Gasteiger charge is -2.24. The van der Waals surface area contributed by atoms with Gasteiger partial charge in [-0.05, 0) is 6.07 Å². The number of aromatic nitrogens is 2. The Balaban J connectivity index is 2.35. The average molecular weight is 381 g/mol. The van der Waals surface area contributed by atoms with Crippen molar-refractivity contribution in [3.63, 3.8) is 0 Å². The van der Waals surface area contributed by atoms with Gasteiger partial charge >= 0.3 is 13.5 Å². The van der Waals surface area contributed by atoms with Gasteiger partial charge in [0.15, 0.2) is 6.23 Å². The molecule has 1 saturated heterocycles. The van der Waals surface area contributed by atoms with Gasteiger partial charge in [0.05, 0.1) is 19.8 Å². The third-order valence-electron chi connectivity index (χ3n) is 3.45. The molecule has 1 aromatic heterocycles. The van der Waals surface area contributed by atoms with Crippen molar-refractivity contribution in [1.82, 2.24) is 9.55 Å². The lowest BCUT2D eigenvalue weighted by atomic mass is 10.1. The van der Waals surface area contributed by atoms with E-state index >= 15 is 0 Å². The number of hydrogen-bond donors (Lipinski definition) is 4. The molecule has 4 atom stereocenters. The predicted octanol–water partition coefficient (Wildman–Crippen LogP) is -1.78. The van der Waals surface area contributed by atoms with Gasteiger partial charge in [0.1, 0.15) is 24.1 Å². The summed E-state index contributed by atoms with van der Waals surface area (Å²) in [5, 5.41) is 9.44. The Bertz CT molecular complexity index is 678. The van der Waals surface area contributed by atoms with Crippen molar-refractivity contribution in [2.75, 3.05) is 32.7 Å². The molecule has 5 N–H and O–H groups in total. The van der Waals surface area contributed by atoms with Crippen LogP contribution in [0.25, 0.3) is 0 Å². The maximum atomic E-state index is 12.0. The van der Waals surface area contributed by atoms with Gasteiger partial charge in [0.2, 0.25) is 0 Å². The summed E-state index contributed by atoms with van der Waals surface area (Å²) in [4.78, 5) is 33.8. The van der Waals surface area contributed by atoms with Crippen LogP contribution in [0.15, 0.2) is 17.1 Å². The summed E-state index contributed by atoms with van der Waals surface area (Å²) in [6.07, 6.45) is -3.39. The van der Waals surface area contributed by atoms with Crippen molar-refractivity contribution in [1.29, 1.82) is 0 Å². The SMILES string of the molecule is COCCO[C@@H]1[C@H](OP(=O)(O)O)[C@@H](CO)O[C@H]1n1ccc(N)nc1=O. The minimum atomic E-state index is -4.90. The maximum Gasteiger partial charge on any atom is 0.470 e. The molecule has 0 spiro atoms. The predicted molar refractivity (Wildman–Crippen MR) is 82.4 cm³/mol. The lowest BCUT2D eigenvalue weighted by Crippen LogP contribution is -2.40. The molecule has 2 rings (SSSR count). The number of phosphoric acid groups is 1. The van der Waals surface area contributed by atoms with Crippen molar-refractivity contribution in [2.45, 2.75) is 24.5 Å². The first-order valence-corrected chi connectivity index (χ1v) is 8.75. The van der Waals surface area contributed by atoms with E-state index in [1.54, 1.807) is 0 Å². The summed E-state index contributed by atoms with van der Waals surface area (Å²) in [5.74, 6) is -0.00201. The zero-order chi connectivity index (χ0) is 18.6. The monoisotopic (exact) mass is 381 g/mol. The van der Waals surface area contributed by atoms with E-state index in [0.29, 0.717) is 0 Å². The van der Waals surface area contributed by atoms with E-state index in [1.807, 2.05) is 0 Å². The summed E-state index contributed by atoms with van der Waals surface area (Å²) in [7, 11) is -3.46. The Kier molecular flexibility index (Phi) is 6.65. The van der Waals surface area contributed by atoms with Crippen LogP contribution in [0.3, 0.4) is 0 Å². The number of methoxy groups -OCH3 is 1. The number of ether oxygens (including phenoxy) is 3. The average Bonchev–Trinajstić information content (AvgIpc) is 2.84. The van der Waals surface area contributed by atoms with E-state index in [0.717, 1.165) is 4.57 Å². The number of hydrogen-bond acceptors (Lipinski definition) is 9. The fourth-order valence-corrected chi connectivity index (χ4v) is 3.00. The van der Waals surface area contributed by atoms with Crippen LogP contribution in [0.5, 0.6) is 0 Å². The second kappa shape index (κ2) is 8.34. The standard InChI is InChI=1S/C12H20N3O9P/c1-21-4-5-22-10-9(24-25(18,19)20)7(6-16)23-11(10)15-3-2-8(13)14-12(15)17/h2-3,7,9-11,16H,4-6H2,1H3,(H2,13,14,17)(H2,18,19,20)/t7-,9-,10-,11-/m1/s1. The number of phosphoric ester groups is 1. The fourth-order valence-electron chi connectivity index (χ4n) is 2.43. The maximum absolute atomic E-state index is 12.0. The fraction of sp³-hybridized carbons (Fsp3) is 0.667. The second-order valence-corrected chi connectivity index (χ2v) is 6.37. The Hall–Kier alpha value is -1.37. The lowest BCUT2D eigenvalue weighted by molar-refractivity contribution is -0.0815. The molecule has 0 aliphatic carbocycles. The molecule has 0 aromatic carbocycles. The molecule has 0 amide bonds. The first-order chi connectivity index (χ1) is 11.8. The number of aliphatic hydroxyl groups is 1. The van der Waals surface area contributed by atoms with E-state index in [2.05, 4.69) is 4.98 Å². The molecule has 0 unspecified atom stereocenters. The summed E-state index contributed by atoms with van der Waals surface area (Å²) in [6.45, 7) is -0.385. The Morgan fingerprint density at radius 1 is 1.40 bits per heavy atom. The first kappa shape index (κ1) is 19.9. The molecule has 1 aromatic rings. The highest BCUT2D eigenvalue weighted by Crippen LogP contribution is 2.44. The minimum Gasteiger partial charge on any atom is -0.394 e. The van der Waals surface area contributed by atoms with Crippen LogP contribution < -0.4 is 11.4 Å². The molecule has 0 saturated carbocycles. The van der Waals surface area contributed by atoms with Crippen molar-refractivity contribution in [3.05, 3.63) is 22.7 Å². The van der Waals surface area contributed by atoms with Crippen LogP contribution in [0.2, 0.25) is 0 Å². The molecular weight excluding hydrogens is 361 g/mol. The molecule has 12 nitrogen and oxygen atoms in total. The van der Waals surface area contributed by atoms with E-state index in [-0.39, 0.29) is 19.0 Å². The van der Waals surface area contributed by atoms with Gasteiger partial charge in [-0.1, -0.05) is 0 Å². The third kappa shape index (κ3) is 5.06. The first-order valence-electron chi connectivity index (χ1n) is 7.22. The highest BCUT2D eigenvalue weighted by Gasteiger charge is 2.49. The smallest absolute Gasteiger partial charge is 0.394 e. The molecule has 0 bridgehead atoms. The summed E-state index contributed by atoms with van der Waals surface area (Å²) >= 11 is 0. The molecule has 0 radical (unpaired) electrons. The molecule has 1 aliphatic heterocycles. The highest BCUT2D eigenvalue weighted by molar-refractivity contribution is 7.46. The van der Waals surface area contributed by atoms with Crippen LogP contribution in [0.1, 0.15) is 6.23 Å². The van der Waals surface area contributed by atoms with Crippen LogP contribution in [0, 0.1) is 0 Å². The zero-order valence-corrected chi connectivity index (χ0v) is 14.2. The van der Waals surface area contributed by atoms with Crippen molar-refractivity contribution in [2.24, 2.45) is 0 Å². The largest absolute Gasteiger partial charge is 0.470 e. The van der Waals surface area contributed by atoms with E-state index in [1.165, 1.54) is 19.4 Å².